The number of rotatable bonds is 4. The number of hydrogen-bond donors (Lipinski definition) is 2. The summed E-state index contributed by atoms with van der Waals surface area (Å²) in [6, 6.07) is 0. The highest BCUT2D eigenvalue weighted by atomic mass is 32.2. The molecular weight excluding hydrogens is 262 g/mol. The maximum atomic E-state index is 12.0. The molecule has 0 saturated carbocycles. The zero-order chi connectivity index (χ0) is 12.3. The van der Waals surface area contributed by atoms with Gasteiger partial charge in [-0.15, -0.1) is 10.2 Å². The maximum absolute atomic E-state index is 12.0. The molecule has 1 fully saturated rings. The van der Waals surface area contributed by atoms with Crippen LogP contribution < -0.4 is 10.0 Å². The van der Waals surface area contributed by atoms with E-state index in [1.807, 2.05) is 6.92 Å². The van der Waals surface area contributed by atoms with E-state index in [4.69, 9.17) is 0 Å². The zero-order valence-electron chi connectivity index (χ0n) is 9.51. The number of aromatic nitrogens is 2. The van der Waals surface area contributed by atoms with Crippen LogP contribution in [0.25, 0.3) is 0 Å². The smallest absolute Gasteiger partial charge is 0.303 e. The topological polar surface area (TPSA) is 87.2 Å². The van der Waals surface area contributed by atoms with Gasteiger partial charge in [-0.2, -0.15) is 12.7 Å². The molecule has 2 N–H and O–H groups in total. The first-order chi connectivity index (χ1) is 8.12. The van der Waals surface area contributed by atoms with Gasteiger partial charge in [-0.05, 0) is 6.42 Å². The monoisotopic (exact) mass is 277 g/mol. The molecule has 0 bridgehead atoms. The lowest BCUT2D eigenvalue weighted by molar-refractivity contribution is 0.362. The van der Waals surface area contributed by atoms with E-state index >= 15 is 0 Å². The molecule has 0 atom stereocenters. The summed E-state index contributed by atoms with van der Waals surface area (Å²) in [6.07, 6.45) is 0.757. The van der Waals surface area contributed by atoms with Gasteiger partial charge in [0.15, 0.2) is 0 Å². The van der Waals surface area contributed by atoms with Crippen LogP contribution in [0, 0.1) is 0 Å². The first kappa shape index (κ1) is 12.7. The second-order valence-corrected chi connectivity index (χ2v) is 6.34. The Bertz CT molecular complexity index is 466. The average molecular weight is 277 g/mol. The van der Waals surface area contributed by atoms with E-state index < -0.39 is 10.2 Å². The molecule has 0 unspecified atom stereocenters. The third kappa shape index (κ3) is 3.12. The fourth-order valence-corrected chi connectivity index (χ4v) is 3.56. The van der Waals surface area contributed by atoms with Gasteiger partial charge in [0, 0.05) is 26.2 Å². The number of nitrogens with one attached hydrogen (secondary N) is 2. The lowest BCUT2D eigenvalue weighted by atomic mass is 10.4. The van der Waals surface area contributed by atoms with Gasteiger partial charge in [0.1, 0.15) is 5.01 Å². The van der Waals surface area contributed by atoms with E-state index in [2.05, 4.69) is 20.2 Å². The van der Waals surface area contributed by atoms with Crippen LogP contribution in [-0.2, 0) is 16.6 Å². The summed E-state index contributed by atoms with van der Waals surface area (Å²) in [5.41, 5.74) is 0. The van der Waals surface area contributed by atoms with Crippen molar-refractivity contribution in [3.63, 3.8) is 0 Å². The Morgan fingerprint density at radius 2 is 2.12 bits per heavy atom. The van der Waals surface area contributed by atoms with Crippen molar-refractivity contribution in [1.29, 1.82) is 0 Å². The SMILES string of the molecule is CCc1nnc(NS(=O)(=O)N2CCNCC2)s1. The van der Waals surface area contributed by atoms with Gasteiger partial charge >= 0.3 is 10.2 Å². The molecule has 0 amide bonds. The third-order valence-corrected chi connectivity index (χ3v) is 5.01. The summed E-state index contributed by atoms with van der Waals surface area (Å²) < 4.78 is 27.8. The van der Waals surface area contributed by atoms with Crippen LogP contribution in [0.5, 0.6) is 0 Å². The summed E-state index contributed by atoms with van der Waals surface area (Å²) in [6.45, 7) is 4.27. The maximum Gasteiger partial charge on any atom is 0.303 e. The summed E-state index contributed by atoms with van der Waals surface area (Å²) >= 11 is 1.27. The molecule has 2 rings (SSSR count). The Morgan fingerprint density at radius 1 is 1.41 bits per heavy atom. The van der Waals surface area contributed by atoms with Crippen LogP contribution in [0.2, 0.25) is 0 Å². The minimum absolute atomic E-state index is 0.334. The Labute approximate surface area is 104 Å². The van der Waals surface area contributed by atoms with E-state index in [1.165, 1.54) is 15.6 Å². The molecule has 9 heteroatoms. The third-order valence-electron chi connectivity index (χ3n) is 2.40. The standard InChI is InChI=1S/C8H15N5O2S2/c1-2-7-10-11-8(16-7)12-17(14,15)13-5-3-9-4-6-13/h9H,2-6H2,1H3,(H,11,12). The van der Waals surface area contributed by atoms with E-state index in [9.17, 15) is 8.42 Å². The second-order valence-electron chi connectivity index (χ2n) is 3.61. The molecule has 0 aromatic carbocycles. The minimum Gasteiger partial charge on any atom is -0.314 e. The van der Waals surface area contributed by atoms with Crippen LogP contribution in [0.1, 0.15) is 11.9 Å². The Kier molecular flexibility index (Phi) is 3.92. The van der Waals surface area contributed by atoms with Crippen molar-refractivity contribution < 1.29 is 8.42 Å². The normalized spacial score (nSPS) is 18.2. The van der Waals surface area contributed by atoms with Crippen LogP contribution in [0.3, 0.4) is 0 Å². The molecule has 7 nitrogen and oxygen atoms in total. The highest BCUT2D eigenvalue weighted by Gasteiger charge is 2.24. The van der Waals surface area contributed by atoms with Gasteiger partial charge in [-0.3, -0.25) is 0 Å². The molecule has 0 aliphatic carbocycles. The van der Waals surface area contributed by atoms with Crippen LogP contribution in [0.4, 0.5) is 5.13 Å². The van der Waals surface area contributed by atoms with E-state index in [-0.39, 0.29) is 0 Å². The van der Waals surface area contributed by atoms with Crippen molar-refractivity contribution in [2.24, 2.45) is 0 Å². The predicted molar refractivity (Wildman–Crippen MR) is 66.3 cm³/mol. The van der Waals surface area contributed by atoms with Crippen molar-refractivity contribution in [2.75, 3.05) is 30.9 Å². The number of piperazine rings is 1. The molecule has 1 aromatic rings. The first-order valence-electron chi connectivity index (χ1n) is 5.43. The number of hydrogen-bond acceptors (Lipinski definition) is 6. The second kappa shape index (κ2) is 5.25. The van der Waals surface area contributed by atoms with Gasteiger partial charge < -0.3 is 5.32 Å². The van der Waals surface area contributed by atoms with Crippen LogP contribution >= 0.6 is 11.3 Å². The highest BCUT2D eigenvalue weighted by Crippen LogP contribution is 2.18. The van der Waals surface area contributed by atoms with Crippen molar-refractivity contribution in [2.45, 2.75) is 13.3 Å². The van der Waals surface area contributed by atoms with Gasteiger partial charge in [0.05, 0.1) is 0 Å². The lowest BCUT2D eigenvalue weighted by Crippen LogP contribution is -2.48. The molecule has 17 heavy (non-hydrogen) atoms. The molecule has 2 heterocycles. The van der Waals surface area contributed by atoms with Crippen molar-refractivity contribution >= 4 is 26.7 Å². The molecular formula is C8H15N5O2S2. The van der Waals surface area contributed by atoms with Crippen molar-refractivity contribution in [3.8, 4) is 0 Å². The molecule has 1 aliphatic heterocycles. The van der Waals surface area contributed by atoms with Gasteiger partial charge in [0.25, 0.3) is 0 Å². The quantitative estimate of drug-likeness (QED) is 0.786. The van der Waals surface area contributed by atoms with Gasteiger partial charge in [-0.1, -0.05) is 18.3 Å². The Morgan fingerprint density at radius 3 is 2.71 bits per heavy atom. The number of aryl methyl sites for hydroxylation is 1. The average Bonchev–Trinajstić information content (AvgIpc) is 2.77. The van der Waals surface area contributed by atoms with Gasteiger partial charge in [0.2, 0.25) is 5.13 Å². The summed E-state index contributed by atoms with van der Waals surface area (Å²) in [5, 5.41) is 11.9. The van der Waals surface area contributed by atoms with Crippen molar-refractivity contribution in [3.05, 3.63) is 5.01 Å². The molecule has 1 aromatic heterocycles. The van der Waals surface area contributed by atoms with Crippen molar-refractivity contribution in [1.82, 2.24) is 19.8 Å². The Balaban J connectivity index is 2.05. The minimum atomic E-state index is -3.48. The fraction of sp³-hybridized carbons (Fsp3) is 0.750. The van der Waals surface area contributed by atoms with Crippen LogP contribution in [-0.4, -0.2) is 49.1 Å². The summed E-state index contributed by atoms with van der Waals surface area (Å²) in [5.74, 6) is 0. The molecule has 0 spiro atoms. The van der Waals surface area contributed by atoms with E-state index in [1.54, 1.807) is 0 Å². The largest absolute Gasteiger partial charge is 0.314 e. The summed E-state index contributed by atoms with van der Waals surface area (Å²) in [4.78, 5) is 0. The molecule has 1 saturated heterocycles. The predicted octanol–water partition coefficient (Wildman–Crippen LogP) is -0.338. The summed E-state index contributed by atoms with van der Waals surface area (Å²) in [7, 11) is -3.48. The van der Waals surface area contributed by atoms with E-state index in [0.29, 0.717) is 31.3 Å². The molecule has 1 aliphatic rings. The number of nitrogens with zero attached hydrogens (tertiary/aromatic N) is 3. The van der Waals surface area contributed by atoms with Gasteiger partial charge in [-0.25, -0.2) is 4.72 Å². The van der Waals surface area contributed by atoms with Crippen LogP contribution in [0.15, 0.2) is 0 Å². The lowest BCUT2D eigenvalue weighted by Gasteiger charge is -2.26. The Hall–Kier alpha value is -0.770. The van der Waals surface area contributed by atoms with E-state index in [0.717, 1.165) is 11.4 Å². The zero-order valence-corrected chi connectivity index (χ0v) is 11.1. The fourth-order valence-electron chi connectivity index (χ4n) is 1.50. The first-order valence-corrected chi connectivity index (χ1v) is 7.68. The number of anilines is 1. The highest BCUT2D eigenvalue weighted by molar-refractivity contribution is 7.90. The molecule has 96 valence electrons. The molecule has 0 radical (unpaired) electrons.